The number of carbonyl (C=O) groups excluding carboxylic acids is 1. The first-order valence-corrected chi connectivity index (χ1v) is 9.17. The molecule has 0 aliphatic heterocycles. The van der Waals surface area contributed by atoms with Crippen LogP contribution in [0.3, 0.4) is 0 Å². The molecule has 2 aromatic rings. The molecular weight excluding hydrogens is 324 g/mol. The standard InChI is InChI=1S/C18H22N2O3S/c1-4-14-5-9-16(10-6-14)19-18(21)13-15-7-11-17(12-8-15)24(22,23)20(2)3/h5-12H,4,13H2,1-3H3,(H,19,21). The molecule has 0 heterocycles. The Balaban J connectivity index is 2.01. The molecule has 0 fully saturated rings. The van der Waals surface area contributed by atoms with Crippen LogP contribution in [0.2, 0.25) is 0 Å². The third-order valence-corrected chi connectivity index (χ3v) is 5.54. The lowest BCUT2D eigenvalue weighted by atomic mass is 10.1. The molecule has 0 aromatic heterocycles. The zero-order chi connectivity index (χ0) is 17.7. The van der Waals surface area contributed by atoms with Crippen LogP contribution in [0.25, 0.3) is 0 Å². The van der Waals surface area contributed by atoms with Crippen LogP contribution < -0.4 is 5.32 Å². The highest BCUT2D eigenvalue weighted by Crippen LogP contribution is 2.15. The first-order valence-electron chi connectivity index (χ1n) is 7.73. The van der Waals surface area contributed by atoms with Crippen LogP contribution >= 0.6 is 0 Å². The van der Waals surface area contributed by atoms with Crippen molar-refractivity contribution in [2.24, 2.45) is 0 Å². The number of sulfonamides is 1. The number of hydrogen-bond donors (Lipinski definition) is 1. The fraction of sp³-hybridized carbons (Fsp3) is 0.278. The molecule has 128 valence electrons. The van der Waals surface area contributed by atoms with E-state index in [9.17, 15) is 13.2 Å². The minimum absolute atomic E-state index is 0.137. The maximum absolute atomic E-state index is 12.1. The average molecular weight is 346 g/mol. The van der Waals surface area contributed by atoms with Gasteiger partial charge in [-0.2, -0.15) is 0 Å². The number of anilines is 1. The second-order valence-corrected chi connectivity index (χ2v) is 7.86. The molecule has 6 heteroatoms. The van der Waals surface area contributed by atoms with Crippen LogP contribution in [0.4, 0.5) is 5.69 Å². The highest BCUT2D eigenvalue weighted by Gasteiger charge is 2.16. The molecule has 0 unspecified atom stereocenters. The Bertz CT molecular complexity index is 795. The van der Waals surface area contributed by atoms with Gasteiger partial charge in [-0.15, -0.1) is 0 Å². The van der Waals surface area contributed by atoms with Crippen molar-refractivity contribution in [2.45, 2.75) is 24.7 Å². The van der Waals surface area contributed by atoms with Gasteiger partial charge in [0.05, 0.1) is 11.3 Å². The number of nitrogens with one attached hydrogen (secondary N) is 1. The van der Waals surface area contributed by atoms with Crippen LogP contribution in [0.5, 0.6) is 0 Å². The molecule has 0 saturated heterocycles. The van der Waals surface area contributed by atoms with E-state index in [2.05, 4.69) is 12.2 Å². The molecule has 0 saturated carbocycles. The summed E-state index contributed by atoms with van der Waals surface area (Å²) in [6, 6.07) is 14.1. The normalized spacial score (nSPS) is 11.5. The topological polar surface area (TPSA) is 66.5 Å². The van der Waals surface area contributed by atoms with E-state index < -0.39 is 10.0 Å². The van der Waals surface area contributed by atoms with Gasteiger partial charge < -0.3 is 5.32 Å². The second-order valence-electron chi connectivity index (χ2n) is 5.71. The summed E-state index contributed by atoms with van der Waals surface area (Å²) < 4.78 is 25.2. The lowest BCUT2D eigenvalue weighted by molar-refractivity contribution is -0.115. The molecular formula is C18H22N2O3S. The van der Waals surface area contributed by atoms with Crippen LogP contribution in [0.15, 0.2) is 53.4 Å². The zero-order valence-electron chi connectivity index (χ0n) is 14.1. The van der Waals surface area contributed by atoms with Gasteiger partial charge in [0, 0.05) is 19.8 Å². The molecule has 0 aliphatic rings. The van der Waals surface area contributed by atoms with E-state index in [1.165, 1.54) is 31.8 Å². The van der Waals surface area contributed by atoms with Gasteiger partial charge in [-0.3, -0.25) is 4.79 Å². The molecule has 2 rings (SSSR count). The van der Waals surface area contributed by atoms with Crippen LogP contribution in [0.1, 0.15) is 18.1 Å². The molecule has 0 radical (unpaired) electrons. The maximum atomic E-state index is 12.1. The van der Waals surface area contributed by atoms with Gasteiger partial charge in [-0.25, -0.2) is 12.7 Å². The molecule has 0 bridgehead atoms. The smallest absolute Gasteiger partial charge is 0.242 e. The van der Waals surface area contributed by atoms with Gasteiger partial charge in [-0.1, -0.05) is 31.2 Å². The Labute approximate surface area is 143 Å². The molecule has 0 spiro atoms. The van der Waals surface area contributed by atoms with Gasteiger partial charge in [-0.05, 0) is 41.8 Å². The molecule has 1 amide bonds. The Kier molecular flexibility index (Phi) is 5.75. The zero-order valence-corrected chi connectivity index (χ0v) is 14.9. The van der Waals surface area contributed by atoms with E-state index in [0.717, 1.165) is 22.0 Å². The SMILES string of the molecule is CCc1ccc(NC(=O)Cc2ccc(S(=O)(=O)N(C)C)cc2)cc1. The predicted molar refractivity (Wildman–Crippen MR) is 95.5 cm³/mol. The van der Waals surface area contributed by atoms with Gasteiger partial charge >= 0.3 is 0 Å². The number of carbonyl (C=O) groups is 1. The lowest BCUT2D eigenvalue weighted by Gasteiger charge is -2.11. The van der Waals surface area contributed by atoms with Crippen LogP contribution in [-0.4, -0.2) is 32.7 Å². The predicted octanol–water partition coefficient (Wildman–Crippen LogP) is 2.68. The van der Waals surface area contributed by atoms with E-state index in [1.807, 2.05) is 24.3 Å². The lowest BCUT2D eigenvalue weighted by Crippen LogP contribution is -2.22. The van der Waals surface area contributed by atoms with Crippen molar-refractivity contribution >= 4 is 21.6 Å². The first-order chi connectivity index (χ1) is 11.3. The van der Waals surface area contributed by atoms with Crippen molar-refractivity contribution in [3.63, 3.8) is 0 Å². The molecule has 0 atom stereocenters. The van der Waals surface area contributed by atoms with Crippen molar-refractivity contribution in [3.05, 3.63) is 59.7 Å². The number of amides is 1. The van der Waals surface area contributed by atoms with Crippen molar-refractivity contribution < 1.29 is 13.2 Å². The van der Waals surface area contributed by atoms with E-state index in [4.69, 9.17) is 0 Å². The second kappa shape index (κ2) is 7.59. The number of benzene rings is 2. The Hall–Kier alpha value is -2.18. The third kappa shape index (κ3) is 4.43. The van der Waals surface area contributed by atoms with Crippen molar-refractivity contribution in [3.8, 4) is 0 Å². The van der Waals surface area contributed by atoms with Gasteiger partial charge in [0.1, 0.15) is 0 Å². The van der Waals surface area contributed by atoms with Crippen molar-refractivity contribution in [1.82, 2.24) is 4.31 Å². The van der Waals surface area contributed by atoms with E-state index in [1.54, 1.807) is 12.1 Å². The van der Waals surface area contributed by atoms with Crippen LogP contribution in [0, 0.1) is 0 Å². The van der Waals surface area contributed by atoms with Gasteiger partial charge in [0.15, 0.2) is 0 Å². The molecule has 1 N–H and O–H groups in total. The number of hydrogen-bond acceptors (Lipinski definition) is 3. The summed E-state index contributed by atoms with van der Waals surface area (Å²) >= 11 is 0. The van der Waals surface area contributed by atoms with Crippen molar-refractivity contribution in [2.75, 3.05) is 19.4 Å². The summed E-state index contributed by atoms with van der Waals surface area (Å²) in [4.78, 5) is 12.3. The third-order valence-electron chi connectivity index (χ3n) is 3.71. The Morgan fingerprint density at radius 3 is 2.00 bits per heavy atom. The number of rotatable bonds is 6. The van der Waals surface area contributed by atoms with Gasteiger partial charge in [0.25, 0.3) is 0 Å². The summed E-state index contributed by atoms with van der Waals surface area (Å²) in [6.45, 7) is 2.08. The minimum Gasteiger partial charge on any atom is -0.326 e. The highest BCUT2D eigenvalue weighted by atomic mass is 32.2. The average Bonchev–Trinajstić information content (AvgIpc) is 2.56. The van der Waals surface area contributed by atoms with E-state index in [0.29, 0.717) is 0 Å². The van der Waals surface area contributed by atoms with Crippen molar-refractivity contribution in [1.29, 1.82) is 0 Å². The number of aryl methyl sites for hydroxylation is 1. The summed E-state index contributed by atoms with van der Waals surface area (Å²) in [5, 5.41) is 2.84. The molecule has 2 aromatic carbocycles. The largest absolute Gasteiger partial charge is 0.326 e. The number of nitrogens with zero attached hydrogens (tertiary/aromatic N) is 1. The van der Waals surface area contributed by atoms with E-state index in [-0.39, 0.29) is 17.2 Å². The summed E-state index contributed by atoms with van der Waals surface area (Å²) in [5.41, 5.74) is 2.73. The summed E-state index contributed by atoms with van der Waals surface area (Å²) in [5.74, 6) is -0.137. The molecule has 5 nitrogen and oxygen atoms in total. The van der Waals surface area contributed by atoms with E-state index >= 15 is 0 Å². The fourth-order valence-corrected chi connectivity index (χ4v) is 3.11. The minimum atomic E-state index is -3.44. The fourth-order valence-electron chi connectivity index (χ4n) is 2.20. The Morgan fingerprint density at radius 2 is 1.50 bits per heavy atom. The quantitative estimate of drug-likeness (QED) is 0.874. The summed E-state index contributed by atoms with van der Waals surface area (Å²) in [6.07, 6.45) is 1.15. The van der Waals surface area contributed by atoms with Crippen LogP contribution in [-0.2, 0) is 27.7 Å². The first kappa shape index (κ1) is 18.2. The molecule has 0 aliphatic carbocycles. The highest BCUT2D eigenvalue weighted by molar-refractivity contribution is 7.89. The maximum Gasteiger partial charge on any atom is 0.242 e. The monoisotopic (exact) mass is 346 g/mol. The Morgan fingerprint density at radius 1 is 0.958 bits per heavy atom. The van der Waals surface area contributed by atoms with Gasteiger partial charge in [0.2, 0.25) is 15.9 Å². The molecule has 24 heavy (non-hydrogen) atoms. The summed E-state index contributed by atoms with van der Waals surface area (Å²) in [7, 11) is -0.471.